The van der Waals surface area contributed by atoms with Crippen molar-refractivity contribution in [3.05, 3.63) is 24.0 Å². The summed E-state index contributed by atoms with van der Waals surface area (Å²) in [4.78, 5) is 12.0. The lowest BCUT2D eigenvalue weighted by Crippen LogP contribution is -2.48. The zero-order valence-corrected chi connectivity index (χ0v) is 13.0. The van der Waals surface area contributed by atoms with Crippen LogP contribution in [0.2, 0.25) is 0 Å². The van der Waals surface area contributed by atoms with Gasteiger partial charge in [-0.15, -0.1) is 0 Å². The molecule has 23 heavy (non-hydrogen) atoms. The Morgan fingerprint density at radius 2 is 2.13 bits per heavy atom. The second-order valence-electron chi connectivity index (χ2n) is 5.31. The van der Waals surface area contributed by atoms with Crippen LogP contribution in [0.3, 0.4) is 0 Å². The number of aliphatic hydroxyl groups is 1. The number of alkyl halides is 2. The number of carbonyl (C=O) groups is 1. The van der Waals surface area contributed by atoms with E-state index in [1.165, 1.54) is 6.07 Å². The van der Waals surface area contributed by atoms with Gasteiger partial charge in [0.05, 0.1) is 5.69 Å². The fourth-order valence-corrected chi connectivity index (χ4v) is 1.87. The summed E-state index contributed by atoms with van der Waals surface area (Å²) in [6.07, 6.45) is -1.78. The van der Waals surface area contributed by atoms with Gasteiger partial charge in [0.2, 0.25) is 0 Å². The van der Waals surface area contributed by atoms with E-state index in [1.54, 1.807) is 6.92 Å². The Labute approximate surface area is 132 Å². The van der Waals surface area contributed by atoms with Gasteiger partial charge in [-0.3, -0.25) is 0 Å². The molecule has 5 nitrogen and oxygen atoms in total. The quantitative estimate of drug-likeness (QED) is 0.684. The Balaban J connectivity index is 2.80. The number of ether oxygens (including phenoxy) is 1. The Kier molecular flexibility index (Phi) is 7.15. The average molecular weight is 334 g/mol. The summed E-state index contributed by atoms with van der Waals surface area (Å²) in [6.45, 7) is 2.62. The second-order valence-corrected chi connectivity index (χ2v) is 5.31. The summed E-state index contributed by atoms with van der Waals surface area (Å²) in [7, 11) is 0. The maximum atomic E-state index is 13.2. The molecule has 0 spiro atoms. The summed E-state index contributed by atoms with van der Waals surface area (Å²) >= 11 is 0. The number of hydrogen-bond acceptors (Lipinski definition) is 3. The largest absolute Gasteiger partial charge is 0.485 e. The van der Waals surface area contributed by atoms with E-state index in [0.717, 1.165) is 12.1 Å². The highest BCUT2D eigenvalue weighted by atomic mass is 19.3. The van der Waals surface area contributed by atoms with Crippen LogP contribution in [0.15, 0.2) is 18.2 Å². The first-order chi connectivity index (χ1) is 10.8. The molecule has 130 valence electrons. The van der Waals surface area contributed by atoms with E-state index in [0.29, 0.717) is 12.8 Å². The van der Waals surface area contributed by atoms with Crippen molar-refractivity contribution in [1.82, 2.24) is 5.32 Å². The average Bonchev–Trinajstić information content (AvgIpc) is 2.47. The Hall–Kier alpha value is -1.96. The SMILES string of the molecule is CCC(C)(CCO)NC(=O)Nc1ccc(F)cc1OCC(F)F. The molecule has 3 N–H and O–H groups in total. The third-order valence-electron chi connectivity index (χ3n) is 3.42. The van der Waals surface area contributed by atoms with Crippen molar-refractivity contribution in [2.45, 2.75) is 38.7 Å². The number of anilines is 1. The van der Waals surface area contributed by atoms with Gasteiger partial charge >= 0.3 is 6.03 Å². The summed E-state index contributed by atoms with van der Waals surface area (Å²) in [5, 5.41) is 14.2. The standard InChI is InChI=1S/C15H21F3N2O3/c1-3-15(2,6-7-21)20-14(22)19-11-5-4-10(16)8-12(11)23-9-13(17)18/h4-5,8,13,21H,3,6-7,9H2,1-2H3,(H2,19,20,22). The van der Waals surface area contributed by atoms with E-state index < -0.39 is 30.4 Å². The van der Waals surface area contributed by atoms with Gasteiger partial charge in [0.15, 0.2) is 0 Å². The maximum absolute atomic E-state index is 13.2. The zero-order valence-electron chi connectivity index (χ0n) is 13.0. The molecule has 0 saturated heterocycles. The topological polar surface area (TPSA) is 70.6 Å². The minimum atomic E-state index is -2.71. The van der Waals surface area contributed by atoms with Crippen LogP contribution in [0.25, 0.3) is 0 Å². The van der Waals surface area contributed by atoms with Crippen LogP contribution < -0.4 is 15.4 Å². The van der Waals surface area contributed by atoms with Crippen LogP contribution >= 0.6 is 0 Å². The summed E-state index contributed by atoms with van der Waals surface area (Å²) in [5.74, 6) is -0.847. The van der Waals surface area contributed by atoms with Gasteiger partial charge in [-0.2, -0.15) is 0 Å². The first kappa shape index (κ1) is 19.1. The Morgan fingerprint density at radius 3 is 2.70 bits per heavy atom. The molecule has 2 amide bonds. The molecule has 0 saturated carbocycles. The lowest BCUT2D eigenvalue weighted by molar-refractivity contribution is 0.0821. The highest BCUT2D eigenvalue weighted by Crippen LogP contribution is 2.26. The predicted octanol–water partition coefficient (Wildman–Crippen LogP) is 3.14. The molecule has 0 bridgehead atoms. The number of nitrogens with one attached hydrogen (secondary N) is 2. The lowest BCUT2D eigenvalue weighted by atomic mass is 9.95. The van der Waals surface area contributed by atoms with Crippen LogP contribution in [0, 0.1) is 5.82 Å². The molecule has 1 aromatic carbocycles. The lowest BCUT2D eigenvalue weighted by Gasteiger charge is -2.29. The van der Waals surface area contributed by atoms with Crippen LogP contribution in [-0.4, -0.2) is 36.3 Å². The molecule has 0 aliphatic carbocycles. The third kappa shape index (κ3) is 6.35. The van der Waals surface area contributed by atoms with Gasteiger partial charge in [-0.1, -0.05) is 6.92 Å². The number of hydrogen-bond donors (Lipinski definition) is 3. The first-order valence-electron chi connectivity index (χ1n) is 7.20. The van der Waals surface area contributed by atoms with E-state index in [-0.39, 0.29) is 18.0 Å². The zero-order chi connectivity index (χ0) is 17.5. The smallest absolute Gasteiger partial charge is 0.319 e. The molecule has 1 rings (SSSR count). The van der Waals surface area contributed by atoms with Crippen LogP contribution in [0.4, 0.5) is 23.7 Å². The van der Waals surface area contributed by atoms with Gasteiger partial charge < -0.3 is 20.5 Å². The van der Waals surface area contributed by atoms with Gasteiger partial charge in [-0.25, -0.2) is 18.0 Å². The Morgan fingerprint density at radius 1 is 1.43 bits per heavy atom. The predicted molar refractivity (Wildman–Crippen MR) is 80.5 cm³/mol. The van der Waals surface area contributed by atoms with E-state index in [1.807, 2.05) is 6.92 Å². The van der Waals surface area contributed by atoms with Crippen LogP contribution in [0.5, 0.6) is 5.75 Å². The molecule has 0 fully saturated rings. The molecule has 0 aliphatic heterocycles. The number of amides is 2. The van der Waals surface area contributed by atoms with Crippen molar-refractivity contribution in [1.29, 1.82) is 0 Å². The second kappa shape index (κ2) is 8.61. The maximum Gasteiger partial charge on any atom is 0.319 e. The highest BCUT2D eigenvalue weighted by Gasteiger charge is 2.24. The van der Waals surface area contributed by atoms with Gasteiger partial charge in [0.25, 0.3) is 6.43 Å². The normalized spacial score (nSPS) is 13.5. The number of benzene rings is 1. The molecule has 1 unspecified atom stereocenters. The van der Waals surface area contributed by atoms with Crippen LogP contribution in [0.1, 0.15) is 26.7 Å². The van der Waals surface area contributed by atoms with E-state index in [9.17, 15) is 18.0 Å². The summed E-state index contributed by atoms with van der Waals surface area (Å²) in [6, 6.07) is 2.63. The fraction of sp³-hybridized carbons (Fsp3) is 0.533. The molecule has 0 aliphatic rings. The van der Waals surface area contributed by atoms with Gasteiger partial charge in [0, 0.05) is 18.2 Å². The van der Waals surface area contributed by atoms with E-state index in [4.69, 9.17) is 9.84 Å². The third-order valence-corrected chi connectivity index (χ3v) is 3.42. The van der Waals surface area contributed by atoms with Gasteiger partial charge in [-0.05, 0) is 31.9 Å². The number of aliphatic hydroxyl groups excluding tert-OH is 1. The van der Waals surface area contributed by atoms with Gasteiger partial charge in [0.1, 0.15) is 18.2 Å². The molecule has 8 heteroatoms. The molecule has 1 aromatic rings. The molecule has 1 atom stereocenters. The van der Waals surface area contributed by atoms with Crippen molar-refractivity contribution >= 4 is 11.7 Å². The summed E-state index contributed by atoms with van der Waals surface area (Å²) < 4.78 is 42.5. The minimum absolute atomic E-state index is 0.0759. The van der Waals surface area contributed by atoms with Crippen LogP contribution in [-0.2, 0) is 0 Å². The molecule has 0 aromatic heterocycles. The molecule has 0 radical (unpaired) electrons. The first-order valence-corrected chi connectivity index (χ1v) is 7.20. The van der Waals surface area contributed by atoms with Crippen molar-refractivity contribution in [3.8, 4) is 5.75 Å². The number of halogens is 3. The molecule has 0 heterocycles. The molecular formula is C15H21F3N2O3. The van der Waals surface area contributed by atoms with E-state index >= 15 is 0 Å². The summed E-state index contributed by atoms with van der Waals surface area (Å²) in [5.41, 5.74) is -0.546. The van der Waals surface area contributed by atoms with Crippen molar-refractivity contribution < 1.29 is 27.8 Å². The van der Waals surface area contributed by atoms with E-state index in [2.05, 4.69) is 10.6 Å². The van der Waals surface area contributed by atoms with Crippen molar-refractivity contribution in [3.63, 3.8) is 0 Å². The van der Waals surface area contributed by atoms with Crippen molar-refractivity contribution in [2.75, 3.05) is 18.5 Å². The minimum Gasteiger partial charge on any atom is -0.485 e. The number of carbonyl (C=O) groups excluding carboxylic acids is 1. The number of urea groups is 1. The Bertz CT molecular complexity index is 529. The fourth-order valence-electron chi connectivity index (χ4n) is 1.87. The number of rotatable bonds is 8. The monoisotopic (exact) mass is 334 g/mol. The van der Waals surface area contributed by atoms with Crippen molar-refractivity contribution in [2.24, 2.45) is 0 Å². The molecular weight excluding hydrogens is 313 g/mol. The highest BCUT2D eigenvalue weighted by molar-refractivity contribution is 5.91.